The largest absolute Gasteiger partial charge is 0.309 e. The number of sulfonamides is 1. The Morgan fingerprint density at radius 3 is 2.33 bits per heavy atom. The van der Waals surface area contributed by atoms with E-state index >= 15 is 0 Å². The average Bonchev–Trinajstić information content (AvgIpc) is 2.28. The lowest BCUT2D eigenvalue weighted by atomic mass is 10.2. The fraction of sp³-hybridized carbons (Fsp3) is 0.500. The molecule has 1 saturated heterocycles. The van der Waals surface area contributed by atoms with Crippen molar-refractivity contribution in [2.45, 2.75) is 30.8 Å². The van der Waals surface area contributed by atoms with Gasteiger partial charge in [0.15, 0.2) is 0 Å². The summed E-state index contributed by atoms with van der Waals surface area (Å²) in [5, 5.41) is 3.33. The molecule has 0 amide bonds. The van der Waals surface area contributed by atoms with Gasteiger partial charge in [0.25, 0.3) is 0 Å². The molecular formula is C12H17BrN2O2S. The second-order valence-electron chi connectivity index (χ2n) is 4.72. The van der Waals surface area contributed by atoms with Gasteiger partial charge in [-0.25, -0.2) is 8.42 Å². The molecule has 1 aliphatic rings. The van der Waals surface area contributed by atoms with E-state index in [1.807, 2.05) is 19.9 Å². The average molecular weight is 333 g/mol. The van der Waals surface area contributed by atoms with E-state index in [4.69, 9.17) is 0 Å². The van der Waals surface area contributed by atoms with E-state index in [-0.39, 0.29) is 12.1 Å². The molecule has 2 rings (SSSR count). The number of hydrogen-bond acceptors (Lipinski definition) is 3. The van der Waals surface area contributed by atoms with Crippen LogP contribution in [0.4, 0.5) is 0 Å². The van der Waals surface area contributed by atoms with Gasteiger partial charge in [0, 0.05) is 29.6 Å². The van der Waals surface area contributed by atoms with Crippen LogP contribution in [0.1, 0.15) is 13.8 Å². The van der Waals surface area contributed by atoms with Crippen molar-refractivity contribution in [2.24, 2.45) is 0 Å². The summed E-state index contributed by atoms with van der Waals surface area (Å²) in [6, 6.07) is 7.29. The second kappa shape index (κ2) is 5.28. The first-order chi connectivity index (χ1) is 8.41. The summed E-state index contributed by atoms with van der Waals surface area (Å²) in [5.74, 6) is 0. The Morgan fingerprint density at radius 2 is 1.78 bits per heavy atom. The van der Waals surface area contributed by atoms with Crippen LogP contribution in [0, 0.1) is 0 Å². The Morgan fingerprint density at radius 1 is 1.22 bits per heavy atom. The topological polar surface area (TPSA) is 49.4 Å². The number of nitrogens with zero attached hydrogens (tertiary/aromatic N) is 1. The molecule has 4 nitrogen and oxygen atoms in total. The van der Waals surface area contributed by atoms with Crippen LogP contribution in [0.5, 0.6) is 0 Å². The van der Waals surface area contributed by atoms with Crippen molar-refractivity contribution in [1.29, 1.82) is 0 Å². The highest BCUT2D eigenvalue weighted by Gasteiger charge is 2.32. The number of rotatable bonds is 2. The van der Waals surface area contributed by atoms with Gasteiger partial charge in [0.2, 0.25) is 10.0 Å². The van der Waals surface area contributed by atoms with Gasteiger partial charge in [0.05, 0.1) is 4.90 Å². The Labute approximate surface area is 117 Å². The van der Waals surface area contributed by atoms with Gasteiger partial charge in [-0.05, 0) is 41.9 Å². The van der Waals surface area contributed by atoms with Gasteiger partial charge in [-0.1, -0.05) is 12.1 Å². The van der Waals surface area contributed by atoms with Gasteiger partial charge in [-0.15, -0.1) is 0 Å². The quantitative estimate of drug-likeness (QED) is 0.898. The molecule has 2 atom stereocenters. The number of halogens is 1. The van der Waals surface area contributed by atoms with Crippen LogP contribution in [0.3, 0.4) is 0 Å². The third kappa shape index (κ3) is 2.77. The molecule has 1 fully saturated rings. The maximum absolute atomic E-state index is 12.6. The molecule has 0 bridgehead atoms. The SMILES string of the molecule is CC1CN(S(=O)(=O)c2ccccc2Br)CC(C)N1. The molecule has 0 saturated carbocycles. The zero-order chi connectivity index (χ0) is 13.3. The van der Waals surface area contributed by atoms with Gasteiger partial charge in [-0.2, -0.15) is 4.31 Å². The van der Waals surface area contributed by atoms with Crippen molar-refractivity contribution in [3.05, 3.63) is 28.7 Å². The summed E-state index contributed by atoms with van der Waals surface area (Å²) in [4.78, 5) is 0.339. The number of nitrogens with one attached hydrogen (secondary N) is 1. The first kappa shape index (κ1) is 14.0. The van der Waals surface area contributed by atoms with Crippen molar-refractivity contribution in [3.63, 3.8) is 0 Å². The molecule has 18 heavy (non-hydrogen) atoms. The van der Waals surface area contributed by atoms with E-state index in [0.717, 1.165) is 0 Å². The summed E-state index contributed by atoms with van der Waals surface area (Å²) < 4.78 is 27.3. The van der Waals surface area contributed by atoms with Crippen LogP contribution >= 0.6 is 15.9 Å². The fourth-order valence-corrected chi connectivity index (χ4v) is 4.85. The molecule has 1 N–H and O–H groups in total. The van der Waals surface area contributed by atoms with Crippen molar-refractivity contribution < 1.29 is 8.42 Å². The molecule has 1 aliphatic heterocycles. The zero-order valence-corrected chi connectivity index (χ0v) is 12.8. The smallest absolute Gasteiger partial charge is 0.244 e. The molecule has 100 valence electrons. The minimum absolute atomic E-state index is 0.172. The highest BCUT2D eigenvalue weighted by molar-refractivity contribution is 9.10. The van der Waals surface area contributed by atoms with Crippen LogP contribution in [0.15, 0.2) is 33.6 Å². The van der Waals surface area contributed by atoms with E-state index in [0.29, 0.717) is 22.5 Å². The highest BCUT2D eigenvalue weighted by Crippen LogP contribution is 2.25. The summed E-state index contributed by atoms with van der Waals surface area (Å²) in [6.45, 7) is 5.01. The fourth-order valence-electron chi connectivity index (χ4n) is 2.27. The summed E-state index contributed by atoms with van der Waals surface area (Å²) in [5.41, 5.74) is 0. The maximum atomic E-state index is 12.6. The van der Waals surface area contributed by atoms with Crippen molar-refractivity contribution in [1.82, 2.24) is 9.62 Å². The van der Waals surface area contributed by atoms with Gasteiger partial charge >= 0.3 is 0 Å². The predicted octanol–water partition coefficient (Wildman–Crippen LogP) is 1.82. The van der Waals surface area contributed by atoms with Gasteiger partial charge in [-0.3, -0.25) is 0 Å². The lowest BCUT2D eigenvalue weighted by Crippen LogP contribution is -2.55. The standard InChI is InChI=1S/C12H17BrN2O2S/c1-9-7-15(8-10(2)14-9)18(16,17)12-6-4-3-5-11(12)13/h3-6,9-10,14H,7-8H2,1-2H3. The molecule has 0 radical (unpaired) electrons. The Balaban J connectivity index is 2.34. The molecule has 2 unspecified atom stereocenters. The lowest BCUT2D eigenvalue weighted by molar-refractivity contribution is 0.263. The third-order valence-electron chi connectivity index (χ3n) is 2.98. The number of piperazine rings is 1. The molecule has 1 aromatic rings. The monoisotopic (exact) mass is 332 g/mol. The number of hydrogen-bond donors (Lipinski definition) is 1. The van der Waals surface area contributed by atoms with Crippen LogP contribution in [0.25, 0.3) is 0 Å². The molecular weight excluding hydrogens is 316 g/mol. The van der Waals surface area contributed by atoms with E-state index < -0.39 is 10.0 Å². The molecule has 0 spiro atoms. The summed E-state index contributed by atoms with van der Waals surface area (Å²) in [7, 11) is -3.41. The van der Waals surface area contributed by atoms with Crippen LogP contribution in [-0.4, -0.2) is 37.9 Å². The summed E-state index contributed by atoms with van der Waals surface area (Å²) >= 11 is 3.31. The first-order valence-corrected chi connectivity index (χ1v) is 8.15. The zero-order valence-electron chi connectivity index (χ0n) is 10.4. The molecule has 0 aromatic heterocycles. The maximum Gasteiger partial charge on any atom is 0.244 e. The summed E-state index contributed by atoms with van der Waals surface area (Å²) in [6.07, 6.45) is 0. The van der Waals surface area contributed by atoms with E-state index in [9.17, 15) is 8.42 Å². The normalized spacial score (nSPS) is 26.2. The van der Waals surface area contributed by atoms with Gasteiger partial charge < -0.3 is 5.32 Å². The van der Waals surface area contributed by atoms with Crippen molar-refractivity contribution >= 4 is 26.0 Å². The van der Waals surface area contributed by atoms with Gasteiger partial charge in [0.1, 0.15) is 0 Å². The Hall–Kier alpha value is -0.430. The number of benzene rings is 1. The van der Waals surface area contributed by atoms with E-state index in [1.165, 1.54) is 0 Å². The van der Waals surface area contributed by atoms with E-state index in [1.54, 1.807) is 22.5 Å². The molecule has 0 aliphatic carbocycles. The predicted molar refractivity (Wildman–Crippen MR) is 75.0 cm³/mol. The van der Waals surface area contributed by atoms with Crippen LogP contribution in [0.2, 0.25) is 0 Å². The second-order valence-corrected chi connectivity index (χ2v) is 7.48. The highest BCUT2D eigenvalue weighted by atomic mass is 79.9. The van der Waals surface area contributed by atoms with E-state index in [2.05, 4.69) is 21.2 Å². The van der Waals surface area contributed by atoms with Crippen LogP contribution < -0.4 is 5.32 Å². The van der Waals surface area contributed by atoms with Crippen molar-refractivity contribution in [3.8, 4) is 0 Å². The molecule has 1 aromatic carbocycles. The van der Waals surface area contributed by atoms with Crippen LogP contribution in [-0.2, 0) is 10.0 Å². The van der Waals surface area contributed by atoms with Crippen molar-refractivity contribution in [2.75, 3.05) is 13.1 Å². The lowest BCUT2D eigenvalue weighted by Gasteiger charge is -2.35. The molecule has 6 heteroatoms. The third-order valence-corrected chi connectivity index (χ3v) is 5.82. The minimum atomic E-state index is -3.41. The Bertz CT molecular complexity index is 523. The molecule has 1 heterocycles. The minimum Gasteiger partial charge on any atom is -0.309 e. The Kier molecular flexibility index (Phi) is 4.11. The first-order valence-electron chi connectivity index (χ1n) is 5.92.